The highest BCUT2D eigenvalue weighted by molar-refractivity contribution is 5.80. The summed E-state index contributed by atoms with van der Waals surface area (Å²) >= 11 is 0. The number of hydrogen-bond acceptors (Lipinski definition) is 32. The lowest BCUT2D eigenvalue weighted by Crippen LogP contribution is -2.73. The molecule has 4 saturated carbocycles. The Labute approximate surface area is 548 Å². The molecule has 32 nitrogen and oxygen atoms in total. The highest BCUT2D eigenvalue weighted by Gasteiger charge is 2.75. The summed E-state index contributed by atoms with van der Waals surface area (Å²) in [6.07, 6.45) is -45.2. The second-order valence-electron chi connectivity index (χ2n) is 30.9. The SMILES string of the molecule is C[C@@H]1O[C@@H](O[C@@H]2[C@@H](O)[C@H](O[C@@H]3[C@@H](O)[C@@H](O[C@@H]4OC[C@](O)(CO)[C@H]4O)[C@H](O[C@@H]4[C@H](OC(=O)[C@]56CCC(C)(C)C[C@H]5C5=CC[C@@H]7[C@@]8(C)C[C@H](O)[C@H](O[C@@H]9O[C@H](CO)[C@@H](O)[C@H](O)[C@H]9O)[C@@](C)(CO)[C@@H]8[C@H](O)C[C@@]7(C)[C@]5(C)C[C@H]6O)OC[C@@H](O)[C@H]4O)O[C@H]3C)OC[C@H]2O)[C@H](O)[C@H](O)[C@H]1O. The first kappa shape index (κ1) is 74.2. The monoisotopic (exact) mass is 1370 g/mol. The Morgan fingerprint density at radius 3 is 1.79 bits per heavy atom. The number of aliphatic hydroxyl groups is 19. The van der Waals surface area contributed by atoms with E-state index in [1.807, 2.05) is 34.6 Å². The highest BCUT2D eigenvalue weighted by atomic mass is 16.8. The minimum atomic E-state index is -2.27. The van der Waals surface area contributed by atoms with Gasteiger partial charge in [-0.05, 0) is 92.3 Å². The normalized spacial score (nSPS) is 56.3. The fraction of sp³-hybridized carbons (Fsp3) is 0.952. The molecular weight excluding hydrogens is 1270 g/mol. The van der Waals surface area contributed by atoms with E-state index in [1.165, 1.54) is 13.8 Å². The van der Waals surface area contributed by atoms with Gasteiger partial charge in [0.1, 0.15) is 109 Å². The van der Waals surface area contributed by atoms with E-state index in [2.05, 4.69) is 6.08 Å². The molecule has 11 aliphatic rings. The molecule has 10 fully saturated rings. The van der Waals surface area contributed by atoms with Crippen molar-refractivity contribution >= 4 is 5.97 Å². The van der Waals surface area contributed by atoms with Crippen LogP contribution in [-0.2, 0) is 61.6 Å². The molecule has 0 aromatic rings. The molecule has 546 valence electrons. The Morgan fingerprint density at radius 1 is 0.537 bits per heavy atom. The molecule has 38 atom stereocenters. The van der Waals surface area contributed by atoms with Crippen LogP contribution >= 0.6 is 0 Å². The maximum atomic E-state index is 15.7. The third kappa shape index (κ3) is 12.2. The van der Waals surface area contributed by atoms with E-state index < -0.39 is 274 Å². The molecule has 0 amide bonds. The summed E-state index contributed by atoms with van der Waals surface area (Å²) in [5.41, 5.74) is -7.85. The number of esters is 1. The van der Waals surface area contributed by atoms with Gasteiger partial charge in [0.25, 0.3) is 0 Å². The first-order valence-electron chi connectivity index (χ1n) is 33.2. The van der Waals surface area contributed by atoms with Crippen LogP contribution in [0.5, 0.6) is 0 Å². The molecule has 19 N–H and O–H groups in total. The van der Waals surface area contributed by atoms with E-state index in [-0.39, 0.29) is 31.6 Å². The van der Waals surface area contributed by atoms with Crippen LogP contribution in [0.2, 0.25) is 0 Å². The molecule has 6 heterocycles. The number of allylic oxidation sites excluding steroid dienone is 2. The van der Waals surface area contributed by atoms with Gasteiger partial charge in [-0.1, -0.05) is 53.2 Å². The summed E-state index contributed by atoms with van der Waals surface area (Å²) in [7, 11) is 0. The quantitative estimate of drug-likeness (QED) is 0.0412. The van der Waals surface area contributed by atoms with Crippen molar-refractivity contribution in [2.75, 3.05) is 39.6 Å². The zero-order valence-electron chi connectivity index (χ0n) is 54.5. The molecule has 0 aromatic heterocycles. The molecule has 0 radical (unpaired) electrons. The van der Waals surface area contributed by atoms with Crippen LogP contribution in [0.25, 0.3) is 0 Å². The van der Waals surface area contributed by atoms with Gasteiger partial charge in [0, 0.05) is 11.3 Å². The molecular formula is C63H102O32. The van der Waals surface area contributed by atoms with Crippen LogP contribution in [0.3, 0.4) is 0 Å². The van der Waals surface area contributed by atoms with E-state index in [4.69, 9.17) is 56.8 Å². The lowest BCUT2D eigenvalue weighted by atomic mass is 9.32. The topological polar surface area (TPSA) is 512 Å². The second-order valence-corrected chi connectivity index (χ2v) is 30.9. The maximum Gasteiger partial charge on any atom is 0.317 e. The fourth-order valence-corrected chi connectivity index (χ4v) is 19.0. The van der Waals surface area contributed by atoms with Gasteiger partial charge >= 0.3 is 5.97 Å². The molecule has 11 rings (SSSR count). The van der Waals surface area contributed by atoms with Crippen molar-refractivity contribution < 1.29 is 159 Å². The number of hydrogen-bond donors (Lipinski definition) is 19. The predicted octanol–water partition coefficient (Wildman–Crippen LogP) is -6.53. The third-order valence-electron chi connectivity index (χ3n) is 24.5. The van der Waals surface area contributed by atoms with Crippen LogP contribution < -0.4 is 0 Å². The summed E-state index contributed by atoms with van der Waals surface area (Å²) in [6.45, 7) is 10.3. The first-order valence-corrected chi connectivity index (χ1v) is 33.2. The molecule has 95 heavy (non-hydrogen) atoms. The summed E-state index contributed by atoms with van der Waals surface area (Å²) in [5, 5.41) is 213. The van der Waals surface area contributed by atoms with E-state index in [9.17, 15) is 97.0 Å². The van der Waals surface area contributed by atoms with Crippen molar-refractivity contribution in [3.63, 3.8) is 0 Å². The van der Waals surface area contributed by atoms with Gasteiger partial charge in [0.2, 0.25) is 6.29 Å². The lowest BCUT2D eigenvalue weighted by molar-refractivity contribution is -0.388. The Bertz CT molecular complexity index is 2720. The predicted molar refractivity (Wildman–Crippen MR) is 313 cm³/mol. The van der Waals surface area contributed by atoms with Crippen molar-refractivity contribution in [1.82, 2.24) is 0 Å². The number of fused-ring (bicyclic) bond motifs is 7. The zero-order chi connectivity index (χ0) is 69.5. The largest absolute Gasteiger partial charge is 0.432 e. The summed E-state index contributed by atoms with van der Waals surface area (Å²) in [4.78, 5) is 15.7. The van der Waals surface area contributed by atoms with Crippen molar-refractivity contribution in [2.24, 2.45) is 50.2 Å². The Hall–Kier alpha value is -1.99. The van der Waals surface area contributed by atoms with Crippen molar-refractivity contribution in [3.05, 3.63) is 11.6 Å². The van der Waals surface area contributed by atoms with Gasteiger partial charge in [-0.3, -0.25) is 4.79 Å². The van der Waals surface area contributed by atoms with Gasteiger partial charge in [-0.25, -0.2) is 0 Å². The van der Waals surface area contributed by atoms with Crippen LogP contribution in [0.4, 0.5) is 0 Å². The molecule has 0 aromatic carbocycles. The van der Waals surface area contributed by atoms with Crippen LogP contribution in [0.15, 0.2) is 11.6 Å². The molecule has 0 bridgehead atoms. The lowest BCUT2D eigenvalue weighted by Gasteiger charge is -2.73. The van der Waals surface area contributed by atoms with Crippen LogP contribution in [0.1, 0.15) is 100 Å². The standard InChI is InChI=1S/C63H102O32/c1-23-34(72)37(75)39(77)51(87-23)91-44-30(70)19-84-50(42(44)80)90-43-24(2)88-54(46(41(43)79)93-55-48(81)62(83,21-66)22-86-55)92-45-35(73)29(69)18-85-53(45)95-56(82)63-12-11-57(3,4)13-26(63)25-9-10-32-58(5)14-28(68)49(94-52-40(78)38(76)36(74)31(17-64)89-52)59(6,20-65)47(58)27(67)15-61(32,8)60(25,7)16-33(63)71/h9,23-24,26-55,64-81,83H,10-22H2,1-8H3/t23-,24-,26-,27+,28-,29+,30+,31+,32+,33+,34-,35+,36+,37+,38-,39+,40+,41+,42+,43-,44-,45-,46+,47+,48-,49-,50-,51-,52-,53-,54-,55-,58+,59-,60+,61+,62+,63+/m0/s1. The Morgan fingerprint density at radius 2 is 1.14 bits per heavy atom. The van der Waals surface area contributed by atoms with E-state index in [1.54, 1.807) is 6.92 Å². The van der Waals surface area contributed by atoms with Crippen LogP contribution in [-0.4, -0.2) is 326 Å². The van der Waals surface area contributed by atoms with Gasteiger partial charge in [-0.2, -0.15) is 0 Å². The van der Waals surface area contributed by atoms with Gasteiger partial charge in [0.15, 0.2) is 37.6 Å². The fourth-order valence-electron chi connectivity index (χ4n) is 19.0. The van der Waals surface area contributed by atoms with E-state index >= 15 is 4.79 Å². The van der Waals surface area contributed by atoms with Crippen molar-refractivity contribution in [2.45, 2.75) is 284 Å². The number of rotatable bonds is 15. The molecule has 0 spiro atoms. The number of ether oxygens (including phenoxy) is 12. The molecule has 32 heteroatoms. The van der Waals surface area contributed by atoms with Gasteiger partial charge in [0.05, 0.1) is 76.3 Å². The third-order valence-corrected chi connectivity index (χ3v) is 24.5. The Kier molecular flexibility index (Phi) is 21.1. The van der Waals surface area contributed by atoms with Crippen LogP contribution in [0, 0.1) is 50.2 Å². The van der Waals surface area contributed by atoms with Crippen molar-refractivity contribution in [3.8, 4) is 0 Å². The van der Waals surface area contributed by atoms with E-state index in [0.717, 1.165) is 5.57 Å². The molecule has 5 aliphatic carbocycles. The van der Waals surface area contributed by atoms with Crippen molar-refractivity contribution in [1.29, 1.82) is 0 Å². The second kappa shape index (κ2) is 27.0. The average Bonchev–Trinajstić information content (AvgIpc) is 0.869. The average molecular weight is 1370 g/mol. The first-order chi connectivity index (χ1) is 44.4. The highest BCUT2D eigenvalue weighted by Crippen LogP contribution is 2.76. The maximum absolute atomic E-state index is 15.7. The summed E-state index contributed by atoms with van der Waals surface area (Å²) < 4.78 is 71.7. The molecule has 6 aliphatic heterocycles. The number of carbonyl (C=O) groups is 1. The number of aliphatic hydroxyl groups excluding tert-OH is 18. The van der Waals surface area contributed by atoms with Gasteiger partial charge < -0.3 is 154 Å². The van der Waals surface area contributed by atoms with Gasteiger partial charge in [-0.15, -0.1) is 0 Å². The molecule has 0 unspecified atom stereocenters. The smallest absolute Gasteiger partial charge is 0.317 e. The Balaban J connectivity index is 0.856. The molecule has 6 saturated heterocycles. The zero-order valence-corrected chi connectivity index (χ0v) is 54.5. The minimum absolute atomic E-state index is 0.00720. The minimum Gasteiger partial charge on any atom is -0.432 e. The summed E-state index contributed by atoms with van der Waals surface area (Å²) in [6, 6.07) is 0. The van der Waals surface area contributed by atoms with E-state index in [0.29, 0.717) is 19.3 Å². The summed E-state index contributed by atoms with van der Waals surface area (Å²) in [5.74, 6) is -2.83. The number of carbonyl (C=O) groups excluding carboxylic acids is 1.